The molecule has 0 saturated heterocycles. The number of nitrogens with two attached hydrogens (primary N) is 1. The van der Waals surface area contributed by atoms with E-state index in [9.17, 15) is 0 Å². The molecule has 0 bridgehead atoms. The van der Waals surface area contributed by atoms with Crippen LogP contribution in [0.1, 0.15) is 63.9 Å². The zero-order valence-electron chi connectivity index (χ0n) is 13.1. The Morgan fingerprint density at radius 2 is 1.90 bits per heavy atom. The Bertz CT molecular complexity index is 385. The van der Waals surface area contributed by atoms with Crippen molar-refractivity contribution in [1.82, 2.24) is 5.32 Å². The zero-order chi connectivity index (χ0) is 14.4. The zero-order valence-corrected chi connectivity index (χ0v) is 13.1. The molecule has 1 fully saturated rings. The molecule has 0 amide bonds. The van der Waals surface area contributed by atoms with Crippen molar-refractivity contribution >= 4 is 5.69 Å². The number of benzene rings is 1. The third-order valence-corrected chi connectivity index (χ3v) is 4.77. The fourth-order valence-corrected chi connectivity index (χ4v) is 3.19. The second-order valence-electron chi connectivity index (χ2n) is 6.62. The molecule has 0 heterocycles. The maximum Gasteiger partial charge on any atom is 0.0314 e. The number of nitrogens with one attached hydrogen (secondary N) is 1. The second kappa shape index (κ2) is 7.68. The normalized spacial score (nSPS) is 25.1. The van der Waals surface area contributed by atoms with Gasteiger partial charge in [0.2, 0.25) is 0 Å². The maximum atomic E-state index is 5.74. The van der Waals surface area contributed by atoms with Crippen LogP contribution < -0.4 is 11.1 Å². The van der Waals surface area contributed by atoms with Crippen LogP contribution >= 0.6 is 0 Å². The lowest BCUT2D eigenvalue weighted by atomic mass is 9.97. The van der Waals surface area contributed by atoms with Gasteiger partial charge in [0.15, 0.2) is 0 Å². The summed E-state index contributed by atoms with van der Waals surface area (Å²) >= 11 is 0. The lowest BCUT2D eigenvalue weighted by Gasteiger charge is -2.18. The van der Waals surface area contributed by atoms with Gasteiger partial charge in [0.05, 0.1) is 0 Å². The maximum absolute atomic E-state index is 5.74. The van der Waals surface area contributed by atoms with Crippen LogP contribution in [0.15, 0.2) is 24.3 Å². The van der Waals surface area contributed by atoms with E-state index in [1.54, 1.807) is 0 Å². The fraction of sp³-hybridized carbons (Fsp3) is 0.667. The number of hydrogen-bond donors (Lipinski definition) is 2. The van der Waals surface area contributed by atoms with E-state index in [0.717, 1.165) is 24.2 Å². The van der Waals surface area contributed by atoms with E-state index in [0.29, 0.717) is 5.92 Å². The summed E-state index contributed by atoms with van der Waals surface area (Å²) in [7, 11) is 0. The van der Waals surface area contributed by atoms with Crippen LogP contribution in [0.2, 0.25) is 0 Å². The Morgan fingerprint density at radius 3 is 2.65 bits per heavy atom. The molecular weight excluding hydrogens is 244 g/mol. The van der Waals surface area contributed by atoms with Gasteiger partial charge in [-0.05, 0) is 61.8 Å². The molecule has 2 rings (SSSR count). The smallest absolute Gasteiger partial charge is 0.0314 e. The molecular formula is C18H30N2. The van der Waals surface area contributed by atoms with Crippen molar-refractivity contribution in [1.29, 1.82) is 0 Å². The molecule has 0 aliphatic heterocycles. The average molecular weight is 274 g/mol. The Labute approximate surface area is 124 Å². The van der Waals surface area contributed by atoms with Gasteiger partial charge in [-0.25, -0.2) is 0 Å². The van der Waals surface area contributed by atoms with Gasteiger partial charge in [0.1, 0.15) is 0 Å². The molecule has 3 unspecified atom stereocenters. The van der Waals surface area contributed by atoms with Crippen molar-refractivity contribution in [2.75, 3.05) is 12.3 Å². The summed E-state index contributed by atoms with van der Waals surface area (Å²) in [5.41, 5.74) is 7.99. The summed E-state index contributed by atoms with van der Waals surface area (Å²) in [5.74, 6) is 1.53. The minimum absolute atomic E-state index is 0.604. The molecule has 0 aromatic heterocycles. The molecule has 1 aliphatic carbocycles. The first-order valence-corrected chi connectivity index (χ1v) is 8.24. The minimum Gasteiger partial charge on any atom is -0.399 e. The quantitative estimate of drug-likeness (QED) is 0.620. The van der Waals surface area contributed by atoms with E-state index in [4.69, 9.17) is 5.73 Å². The van der Waals surface area contributed by atoms with Gasteiger partial charge >= 0.3 is 0 Å². The summed E-state index contributed by atoms with van der Waals surface area (Å²) < 4.78 is 0. The van der Waals surface area contributed by atoms with Gasteiger partial charge in [-0.1, -0.05) is 38.8 Å². The van der Waals surface area contributed by atoms with Crippen LogP contribution in [0.25, 0.3) is 0 Å². The Kier molecular flexibility index (Phi) is 5.90. The number of rotatable bonds is 5. The van der Waals surface area contributed by atoms with Crippen molar-refractivity contribution < 1.29 is 0 Å². The Morgan fingerprint density at radius 1 is 1.15 bits per heavy atom. The molecule has 20 heavy (non-hydrogen) atoms. The van der Waals surface area contributed by atoms with Crippen LogP contribution in [0, 0.1) is 5.92 Å². The highest BCUT2D eigenvalue weighted by molar-refractivity contribution is 5.40. The van der Waals surface area contributed by atoms with Crippen LogP contribution in [-0.2, 0) is 0 Å². The van der Waals surface area contributed by atoms with Crippen LogP contribution in [0.5, 0.6) is 0 Å². The molecule has 1 aromatic carbocycles. The van der Waals surface area contributed by atoms with Crippen molar-refractivity contribution in [2.45, 2.75) is 64.3 Å². The summed E-state index contributed by atoms with van der Waals surface area (Å²) in [6.07, 6.45) is 8.13. The first-order chi connectivity index (χ1) is 9.65. The molecule has 0 spiro atoms. The van der Waals surface area contributed by atoms with Gasteiger partial charge in [0, 0.05) is 11.7 Å². The summed E-state index contributed by atoms with van der Waals surface area (Å²) in [6.45, 7) is 5.83. The van der Waals surface area contributed by atoms with Crippen LogP contribution in [0.3, 0.4) is 0 Å². The lowest BCUT2D eigenvalue weighted by molar-refractivity contribution is 0.437. The van der Waals surface area contributed by atoms with Crippen LogP contribution in [0.4, 0.5) is 5.69 Å². The van der Waals surface area contributed by atoms with E-state index in [-0.39, 0.29) is 0 Å². The van der Waals surface area contributed by atoms with Gasteiger partial charge in [0.25, 0.3) is 0 Å². The molecule has 1 saturated carbocycles. The van der Waals surface area contributed by atoms with Gasteiger partial charge in [-0.2, -0.15) is 0 Å². The van der Waals surface area contributed by atoms with E-state index in [1.807, 2.05) is 12.1 Å². The Hall–Kier alpha value is -1.02. The van der Waals surface area contributed by atoms with Crippen LogP contribution in [-0.4, -0.2) is 12.6 Å². The Balaban J connectivity index is 1.71. The molecule has 1 aromatic rings. The predicted octanol–water partition coefficient (Wildman–Crippen LogP) is 4.32. The third kappa shape index (κ3) is 4.82. The highest BCUT2D eigenvalue weighted by Gasteiger charge is 2.15. The van der Waals surface area contributed by atoms with Crippen molar-refractivity contribution in [3.05, 3.63) is 29.8 Å². The molecule has 0 radical (unpaired) electrons. The van der Waals surface area contributed by atoms with E-state index < -0.39 is 0 Å². The first-order valence-electron chi connectivity index (χ1n) is 8.24. The highest BCUT2D eigenvalue weighted by Crippen LogP contribution is 2.23. The topological polar surface area (TPSA) is 38.0 Å². The summed E-state index contributed by atoms with van der Waals surface area (Å²) in [6, 6.07) is 9.08. The molecule has 2 heteroatoms. The average Bonchev–Trinajstić information content (AvgIpc) is 2.64. The molecule has 112 valence electrons. The number of anilines is 1. The van der Waals surface area contributed by atoms with Gasteiger partial charge in [-0.15, -0.1) is 0 Å². The lowest BCUT2D eigenvalue weighted by Crippen LogP contribution is -2.30. The molecule has 3 atom stereocenters. The summed E-state index contributed by atoms with van der Waals surface area (Å²) in [5, 5.41) is 3.77. The third-order valence-electron chi connectivity index (χ3n) is 4.77. The summed E-state index contributed by atoms with van der Waals surface area (Å²) in [4.78, 5) is 0. The van der Waals surface area contributed by atoms with Gasteiger partial charge in [-0.3, -0.25) is 0 Å². The van der Waals surface area contributed by atoms with Crippen molar-refractivity contribution in [2.24, 2.45) is 5.92 Å². The van der Waals surface area contributed by atoms with E-state index in [1.165, 1.54) is 44.1 Å². The molecule has 1 aliphatic rings. The van der Waals surface area contributed by atoms with Gasteiger partial charge < -0.3 is 11.1 Å². The SMILES string of the molecule is CC1CCCC(NCCC(C)c2ccc(N)cc2)CC1. The van der Waals surface area contributed by atoms with Crippen molar-refractivity contribution in [3.8, 4) is 0 Å². The van der Waals surface area contributed by atoms with E-state index in [2.05, 4.69) is 31.3 Å². The first kappa shape index (κ1) is 15.4. The number of nitrogen functional groups attached to an aromatic ring is 1. The number of hydrogen-bond acceptors (Lipinski definition) is 2. The van der Waals surface area contributed by atoms with Crippen molar-refractivity contribution in [3.63, 3.8) is 0 Å². The second-order valence-corrected chi connectivity index (χ2v) is 6.62. The predicted molar refractivity (Wildman–Crippen MR) is 87.9 cm³/mol. The molecule has 2 nitrogen and oxygen atoms in total. The minimum atomic E-state index is 0.604. The monoisotopic (exact) mass is 274 g/mol. The highest BCUT2D eigenvalue weighted by atomic mass is 14.9. The standard InChI is InChI=1S/C18H30N2/c1-14-4-3-5-18(11-6-14)20-13-12-15(2)16-7-9-17(19)10-8-16/h7-10,14-15,18,20H,3-6,11-13,19H2,1-2H3. The van der Waals surface area contributed by atoms with E-state index >= 15 is 0 Å². The largest absolute Gasteiger partial charge is 0.399 e. The fourth-order valence-electron chi connectivity index (χ4n) is 3.19. The molecule has 3 N–H and O–H groups in total.